The highest BCUT2D eigenvalue weighted by Gasteiger charge is 2.53. The van der Waals surface area contributed by atoms with Gasteiger partial charge in [-0.1, -0.05) is 6.07 Å². The number of fused-ring (bicyclic) bond motifs is 2. The van der Waals surface area contributed by atoms with Gasteiger partial charge in [0.25, 0.3) is 0 Å². The molecule has 3 aliphatic rings. The molecule has 2 unspecified atom stereocenters. The first kappa shape index (κ1) is 22.9. The summed E-state index contributed by atoms with van der Waals surface area (Å²) in [5, 5.41) is 3.37. The molecule has 8 nitrogen and oxygen atoms in total. The summed E-state index contributed by atoms with van der Waals surface area (Å²) >= 11 is 0. The van der Waals surface area contributed by atoms with Gasteiger partial charge < -0.3 is 15.8 Å². The van der Waals surface area contributed by atoms with Gasteiger partial charge in [-0.2, -0.15) is 0 Å². The monoisotopic (exact) mass is 483 g/mol. The van der Waals surface area contributed by atoms with Crippen LogP contribution in [0.25, 0.3) is 0 Å². The van der Waals surface area contributed by atoms with E-state index in [2.05, 4.69) is 10.0 Å². The van der Waals surface area contributed by atoms with Gasteiger partial charge in [0, 0.05) is 24.1 Å². The van der Waals surface area contributed by atoms with Crippen molar-refractivity contribution in [3.63, 3.8) is 0 Å². The first-order chi connectivity index (χ1) is 16.2. The van der Waals surface area contributed by atoms with Crippen LogP contribution in [0.5, 0.6) is 5.75 Å². The van der Waals surface area contributed by atoms with Crippen LogP contribution in [-0.2, 0) is 22.9 Å². The van der Waals surface area contributed by atoms with Gasteiger partial charge in [-0.15, -0.1) is 0 Å². The zero-order valence-corrected chi connectivity index (χ0v) is 19.9. The Kier molecular flexibility index (Phi) is 5.64. The van der Waals surface area contributed by atoms with Crippen molar-refractivity contribution in [1.29, 1.82) is 0 Å². The van der Waals surface area contributed by atoms with Crippen molar-refractivity contribution in [3.05, 3.63) is 58.7 Å². The molecule has 0 aromatic heterocycles. The molecular weight excluding hydrogens is 454 g/mol. The minimum Gasteiger partial charge on any atom is -0.486 e. The Bertz CT molecular complexity index is 1270. The number of primary amides is 1. The second kappa shape index (κ2) is 8.39. The van der Waals surface area contributed by atoms with Crippen molar-refractivity contribution in [2.45, 2.75) is 37.7 Å². The molecule has 1 spiro atoms. The van der Waals surface area contributed by atoms with E-state index in [-0.39, 0.29) is 17.6 Å². The first-order valence-electron chi connectivity index (χ1n) is 11.6. The molecule has 1 saturated heterocycles. The summed E-state index contributed by atoms with van der Waals surface area (Å²) in [6.45, 7) is 1.55. The smallest absolute Gasteiger partial charge is 0.248 e. The van der Waals surface area contributed by atoms with Gasteiger partial charge in [0.2, 0.25) is 15.9 Å². The summed E-state index contributed by atoms with van der Waals surface area (Å²) in [5.41, 5.74) is 8.39. The molecule has 2 atom stereocenters. The van der Waals surface area contributed by atoms with Crippen LogP contribution in [-0.4, -0.2) is 45.1 Å². The Labute approximate surface area is 199 Å². The van der Waals surface area contributed by atoms with Crippen LogP contribution in [0.3, 0.4) is 0 Å². The Balaban J connectivity index is 1.52. The van der Waals surface area contributed by atoms with Crippen LogP contribution in [0, 0.1) is 11.8 Å². The number of aryl methyl sites for hydroxylation is 1. The van der Waals surface area contributed by atoms with Gasteiger partial charge >= 0.3 is 0 Å². The second-order valence-electron chi connectivity index (χ2n) is 9.69. The number of amides is 1. The maximum absolute atomic E-state index is 14.0. The number of Topliss-reactive ketones (excluding diaryl/α,β-unsaturated/α-hetero) is 1. The predicted octanol–water partition coefficient (Wildman–Crippen LogP) is 2.28. The molecule has 0 saturated carbocycles. The van der Waals surface area contributed by atoms with E-state index in [1.807, 2.05) is 12.1 Å². The number of benzene rings is 2. The summed E-state index contributed by atoms with van der Waals surface area (Å²) in [7, 11) is -3.47. The lowest BCUT2D eigenvalue weighted by atomic mass is 9.64. The summed E-state index contributed by atoms with van der Waals surface area (Å²) in [6, 6.07) is 10.5. The predicted molar refractivity (Wildman–Crippen MR) is 129 cm³/mol. The Morgan fingerprint density at radius 2 is 1.91 bits per heavy atom. The molecule has 0 bridgehead atoms. The molecule has 5 rings (SSSR count). The fourth-order valence-electron chi connectivity index (χ4n) is 5.91. The standard InChI is InChI=1S/C25H29N3O5S/c1-34(31,32)28-19-6-7-21-20(14-19)23(29)22(25(33-21)8-10-27-11-9-25)17-4-2-16-13-18(24(26)30)5-3-15(16)12-17/h3,5-7,13-14,17,22,27-28H,2,4,8-12H2,1H3,(H2,26,30). The van der Waals surface area contributed by atoms with Gasteiger partial charge in [0.15, 0.2) is 5.78 Å². The number of carbonyl (C=O) groups excluding carboxylic acids is 2. The Morgan fingerprint density at radius 3 is 2.62 bits per heavy atom. The molecule has 1 amide bonds. The lowest BCUT2D eigenvalue weighted by Gasteiger charge is -2.49. The molecule has 4 N–H and O–H groups in total. The molecule has 2 aromatic carbocycles. The molecule has 2 aromatic rings. The lowest BCUT2D eigenvalue weighted by molar-refractivity contribution is -0.0417. The summed E-state index contributed by atoms with van der Waals surface area (Å²) < 4.78 is 32.5. The molecular formula is C25H29N3O5S. The van der Waals surface area contributed by atoms with Crippen molar-refractivity contribution >= 4 is 27.4 Å². The summed E-state index contributed by atoms with van der Waals surface area (Å²) in [6.07, 6.45) is 4.84. The number of piperidine rings is 1. The number of ketones is 1. The highest BCUT2D eigenvalue weighted by Crippen LogP contribution is 2.48. The first-order valence-corrected chi connectivity index (χ1v) is 13.5. The van der Waals surface area contributed by atoms with Crippen LogP contribution in [0.1, 0.15) is 51.1 Å². The van der Waals surface area contributed by atoms with Crippen molar-refractivity contribution < 1.29 is 22.7 Å². The Hall–Kier alpha value is -2.91. The number of sulfonamides is 1. The van der Waals surface area contributed by atoms with Crippen LogP contribution in [0.4, 0.5) is 5.69 Å². The zero-order chi connectivity index (χ0) is 24.1. The fourth-order valence-corrected chi connectivity index (χ4v) is 6.46. The normalized spacial score (nSPS) is 23.5. The van der Waals surface area contributed by atoms with Crippen LogP contribution < -0.4 is 20.5 Å². The van der Waals surface area contributed by atoms with Gasteiger partial charge in [-0.25, -0.2) is 8.42 Å². The minimum absolute atomic E-state index is 0.0162. The van der Waals surface area contributed by atoms with Crippen LogP contribution in [0.15, 0.2) is 36.4 Å². The highest BCUT2D eigenvalue weighted by atomic mass is 32.2. The van der Waals surface area contributed by atoms with Crippen molar-refractivity contribution in [1.82, 2.24) is 5.32 Å². The summed E-state index contributed by atoms with van der Waals surface area (Å²) in [5.74, 6) is -0.159. The summed E-state index contributed by atoms with van der Waals surface area (Å²) in [4.78, 5) is 25.6. The molecule has 0 radical (unpaired) electrons. The number of carbonyl (C=O) groups is 2. The third kappa shape index (κ3) is 4.18. The van der Waals surface area contributed by atoms with Crippen molar-refractivity contribution in [3.8, 4) is 5.75 Å². The number of hydrogen-bond donors (Lipinski definition) is 3. The van der Waals surface area contributed by atoms with Crippen molar-refractivity contribution in [2.75, 3.05) is 24.1 Å². The maximum Gasteiger partial charge on any atom is 0.248 e. The number of hydrogen-bond acceptors (Lipinski definition) is 6. The SMILES string of the molecule is CS(=O)(=O)Nc1ccc2c(c1)C(=O)C(C1CCc3cc(C(N)=O)ccc3C1)C1(CCNCC1)O2. The molecule has 2 heterocycles. The topological polar surface area (TPSA) is 128 Å². The molecule has 1 aliphatic carbocycles. The van der Waals surface area contributed by atoms with E-state index in [1.165, 1.54) is 0 Å². The van der Waals surface area contributed by atoms with E-state index in [4.69, 9.17) is 10.5 Å². The van der Waals surface area contributed by atoms with E-state index < -0.39 is 21.5 Å². The number of ether oxygens (including phenoxy) is 1. The van der Waals surface area contributed by atoms with Gasteiger partial charge in [0.05, 0.1) is 17.7 Å². The third-order valence-corrected chi connectivity index (χ3v) is 8.00. The maximum atomic E-state index is 14.0. The zero-order valence-electron chi connectivity index (χ0n) is 19.1. The lowest BCUT2D eigenvalue weighted by Crippen LogP contribution is -2.58. The number of nitrogens with one attached hydrogen (secondary N) is 2. The van der Waals surface area contributed by atoms with Gasteiger partial charge in [-0.3, -0.25) is 14.3 Å². The average Bonchev–Trinajstić information content (AvgIpc) is 2.79. The molecule has 2 aliphatic heterocycles. The fraction of sp³-hybridized carbons (Fsp3) is 0.440. The molecule has 180 valence electrons. The minimum atomic E-state index is -3.47. The van der Waals surface area contributed by atoms with Crippen LogP contribution in [0.2, 0.25) is 0 Å². The second-order valence-corrected chi connectivity index (χ2v) is 11.4. The average molecular weight is 484 g/mol. The van der Waals surface area contributed by atoms with Crippen LogP contribution >= 0.6 is 0 Å². The molecule has 1 fully saturated rings. The van der Waals surface area contributed by atoms with Gasteiger partial charge in [-0.05, 0) is 79.7 Å². The van der Waals surface area contributed by atoms with E-state index in [0.29, 0.717) is 22.6 Å². The molecule has 34 heavy (non-hydrogen) atoms. The molecule has 9 heteroatoms. The van der Waals surface area contributed by atoms with E-state index in [0.717, 1.165) is 62.6 Å². The number of rotatable bonds is 4. The van der Waals surface area contributed by atoms with Gasteiger partial charge in [0.1, 0.15) is 11.4 Å². The number of nitrogens with two attached hydrogens (primary N) is 1. The Morgan fingerprint density at radius 1 is 1.15 bits per heavy atom. The number of anilines is 1. The van der Waals surface area contributed by atoms with E-state index in [1.54, 1.807) is 24.3 Å². The highest BCUT2D eigenvalue weighted by molar-refractivity contribution is 7.92. The van der Waals surface area contributed by atoms with E-state index >= 15 is 0 Å². The largest absolute Gasteiger partial charge is 0.486 e. The van der Waals surface area contributed by atoms with Crippen molar-refractivity contribution in [2.24, 2.45) is 17.6 Å². The quantitative estimate of drug-likeness (QED) is 0.612. The third-order valence-electron chi connectivity index (χ3n) is 7.39. The van der Waals surface area contributed by atoms with E-state index in [9.17, 15) is 18.0 Å².